The molecule has 0 fully saturated rings. The number of benzene rings is 7. The average molecular weight is 651 g/mol. The van der Waals surface area contributed by atoms with Crippen molar-refractivity contribution in [1.29, 1.82) is 0 Å². The van der Waals surface area contributed by atoms with E-state index in [1.165, 1.54) is 54.7 Å². The number of nitrogens with zero attached hydrogens (tertiary/aromatic N) is 4. The van der Waals surface area contributed by atoms with E-state index in [1.807, 2.05) is 12.3 Å². The fraction of sp³-hybridized carbons (Fsp3) is 0. The predicted octanol–water partition coefficient (Wildman–Crippen LogP) is 12.0. The summed E-state index contributed by atoms with van der Waals surface area (Å²) in [4.78, 5) is 4.78. The van der Waals surface area contributed by atoms with Crippen LogP contribution >= 0.6 is 0 Å². The van der Waals surface area contributed by atoms with Crippen LogP contribution < -0.4 is 0 Å². The zero-order valence-corrected chi connectivity index (χ0v) is 27.6. The Morgan fingerprint density at radius 3 is 1.61 bits per heavy atom. The van der Waals surface area contributed by atoms with Crippen molar-refractivity contribution in [3.05, 3.63) is 182 Å². The highest BCUT2D eigenvalue weighted by Crippen LogP contribution is 2.40. The maximum absolute atomic E-state index is 4.78. The Kier molecular flexibility index (Phi) is 5.92. The molecular formula is C47H30N4. The molecule has 4 heteroatoms. The van der Waals surface area contributed by atoms with Crippen LogP contribution in [-0.2, 0) is 0 Å². The van der Waals surface area contributed by atoms with Crippen molar-refractivity contribution < 1.29 is 0 Å². The molecule has 0 saturated carbocycles. The molecule has 4 heterocycles. The highest BCUT2D eigenvalue weighted by atomic mass is 15.0. The molecule has 0 aliphatic rings. The van der Waals surface area contributed by atoms with Gasteiger partial charge < -0.3 is 13.7 Å². The van der Waals surface area contributed by atoms with Gasteiger partial charge in [0.05, 0.1) is 44.3 Å². The molecular weight excluding hydrogens is 621 g/mol. The summed E-state index contributed by atoms with van der Waals surface area (Å²) < 4.78 is 7.17. The molecule has 0 aliphatic carbocycles. The zero-order chi connectivity index (χ0) is 33.5. The highest BCUT2D eigenvalue weighted by molar-refractivity contribution is 6.12. The van der Waals surface area contributed by atoms with E-state index < -0.39 is 0 Å². The second-order valence-electron chi connectivity index (χ2n) is 13.2. The third-order valence-electron chi connectivity index (χ3n) is 10.5. The van der Waals surface area contributed by atoms with Crippen molar-refractivity contribution in [1.82, 2.24) is 18.7 Å². The van der Waals surface area contributed by atoms with Crippen molar-refractivity contribution >= 4 is 65.5 Å². The van der Waals surface area contributed by atoms with Crippen LogP contribution in [0, 0.1) is 0 Å². The largest absolute Gasteiger partial charge is 0.309 e. The van der Waals surface area contributed by atoms with E-state index in [2.05, 4.69) is 184 Å². The normalized spacial score (nSPS) is 11.9. The fourth-order valence-electron chi connectivity index (χ4n) is 8.35. The van der Waals surface area contributed by atoms with Gasteiger partial charge in [0.25, 0.3) is 0 Å². The van der Waals surface area contributed by atoms with Gasteiger partial charge in [-0.2, -0.15) is 0 Å². The topological polar surface area (TPSA) is 27.7 Å². The number of hydrogen-bond acceptors (Lipinski definition) is 1. The monoisotopic (exact) mass is 650 g/mol. The Labute approximate surface area is 293 Å². The average Bonchev–Trinajstić information content (AvgIpc) is 3.84. The van der Waals surface area contributed by atoms with Gasteiger partial charge >= 0.3 is 0 Å². The van der Waals surface area contributed by atoms with Crippen molar-refractivity contribution in [2.75, 3.05) is 0 Å². The van der Waals surface area contributed by atoms with E-state index in [-0.39, 0.29) is 0 Å². The van der Waals surface area contributed by atoms with Crippen LogP contribution in [0.2, 0.25) is 0 Å². The predicted molar refractivity (Wildman–Crippen MR) is 213 cm³/mol. The number of hydrogen-bond donors (Lipinski definition) is 0. The van der Waals surface area contributed by atoms with Crippen LogP contribution in [0.1, 0.15) is 0 Å². The molecule has 0 aliphatic heterocycles. The molecule has 4 aromatic heterocycles. The van der Waals surface area contributed by atoms with Gasteiger partial charge in [0.15, 0.2) is 0 Å². The van der Waals surface area contributed by atoms with Gasteiger partial charge in [-0.05, 0) is 78.4 Å². The minimum Gasteiger partial charge on any atom is -0.309 e. The molecule has 11 rings (SSSR count). The van der Waals surface area contributed by atoms with Gasteiger partial charge in [-0.1, -0.05) is 103 Å². The van der Waals surface area contributed by atoms with Gasteiger partial charge in [-0.3, -0.25) is 4.98 Å². The summed E-state index contributed by atoms with van der Waals surface area (Å²) in [5, 5.41) is 6.13. The summed E-state index contributed by atoms with van der Waals surface area (Å²) in [5.41, 5.74) is 13.8. The summed E-state index contributed by atoms with van der Waals surface area (Å²) in [6.07, 6.45) is 1.88. The maximum atomic E-state index is 4.78. The molecule has 7 aromatic carbocycles. The Bertz CT molecular complexity index is 3050. The van der Waals surface area contributed by atoms with Gasteiger partial charge in [-0.25, -0.2) is 0 Å². The first-order valence-electron chi connectivity index (χ1n) is 17.4. The molecule has 0 atom stereocenters. The Hall–Kier alpha value is -6.91. The van der Waals surface area contributed by atoms with Gasteiger partial charge in [0.1, 0.15) is 0 Å². The molecule has 11 aromatic rings. The minimum absolute atomic E-state index is 1.02. The fourth-order valence-corrected chi connectivity index (χ4v) is 8.35. The van der Waals surface area contributed by atoms with E-state index in [4.69, 9.17) is 4.98 Å². The van der Waals surface area contributed by atoms with Crippen LogP contribution in [-0.4, -0.2) is 18.7 Å². The molecule has 0 unspecified atom stereocenters. The number of para-hydroxylation sites is 5. The van der Waals surface area contributed by atoms with Crippen LogP contribution in [0.3, 0.4) is 0 Å². The van der Waals surface area contributed by atoms with E-state index >= 15 is 0 Å². The SMILES string of the molecule is c1cc(-c2ccccc2-n2c3ccccc3c3cc(-n4c5ccccc5c5ncccc54)ccc32)cc(-n2c3ccccc3c3ccccc32)c1. The first-order valence-corrected chi connectivity index (χ1v) is 17.4. The zero-order valence-electron chi connectivity index (χ0n) is 27.6. The van der Waals surface area contributed by atoms with Crippen LogP contribution in [0.15, 0.2) is 182 Å². The lowest BCUT2D eigenvalue weighted by Gasteiger charge is -2.16. The van der Waals surface area contributed by atoms with E-state index in [1.54, 1.807) is 0 Å². The van der Waals surface area contributed by atoms with Crippen molar-refractivity contribution in [3.63, 3.8) is 0 Å². The summed E-state index contributed by atoms with van der Waals surface area (Å²) >= 11 is 0. The lowest BCUT2D eigenvalue weighted by molar-refractivity contribution is 1.16. The Morgan fingerprint density at radius 2 is 0.863 bits per heavy atom. The maximum Gasteiger partial charge on any atom is 0.0963 e. The summed E-state index contributed by atoms with van der Waals surface area (Å²) in [6, 6.07) is 63.6. The third-order valence-corrected chi connectivity index (χ3v) is 10.5. The van der Waals surface area contributed by atoms with E-state index in [9.17, 15) is 0 Å². The molecule has 0 saturated heterocycles. The number of fused-ring (bicyclic) bond motifs is 9. The lowest BCUT2D eigenvalue weighted by Crippen LogP contribution is -1.99. The molecule has 51 heavy (non-hydrogen) atoms. The lowest BCUT2D eigenvalue weighted by atomic mass is 10.0. The summed E-state index contributed by atoms with van der Waals surface area (Å²) in [7, 11) is 0. The summed E-state index contributed by atoms with van der Waals surface area (Å²) in [5.74, 6) is 0. The minimum atomic E-state index is 1.02. The molecule has 238 valence electrons. The molecule has 0 N–H and O–H groups in total. The second kappa shape index (κ2) is 10.8. The van der Waals surface area contributed by atoms with Crippen LogP contribution in [0.5, 0.6) is 0 Å². The summed E-state index contributed by atoms with van der Waals surface area (Å²) in [6.45, 7) is 0. The first-order chi connectivity index (χ1) is 25.3. The number of pyridine rings is 1. The molecule has 0 bridgehead atoms. The Balaban J connectivity index is 1.13. The third kappa shape index (κ3) is 4.05. The standard InChI is InChI=1S/C47H30N4/c1-6-20-40(34(15-1)31-13-11-14-32(29-31)49-41-21-7-2-16-35(41)36-17-3-8-22-42(36)49)51-43-23-9-4-18-37(43)39-30-33(26-27-45(39)51)50-44-24-10-5-19-38(44)47-46(50)25-12-28-48-47/h1-30H. The van der Waals surface area contributed by atoms with E-state index in [0.717, 1.165) is 39.0 Å². The highest BCUT2D eigenvalue weighted by Gasteiger charge is 2.19. The van der Waals surface area contributed by atoms with Gasteiger partial charge in [0, 0.05) is 50.1 Å². The van der Waals surface area contributed by atoms with Crippen molar-refractivity contribution in [3.8, 4) is 28.2 Å². The second-order valence-corrected chi connectivity index (χ2v) is 13.2. The first kappa shape index (κ1) is 28.0. The quantitative estimate of drug-likeness (QED) is 0.186. The van der Waals surface area contributed by atoms with Crippen LogP contribution in [0.4, 0.5) is 0 Å². The molecule has 4 nitrogen and oxygen atoms in total. The number of rotatable bonds is 4. The van der Waals surface area contributed by atoms with Gasteiger partial charge in [-0.15, -0.1) is 0 Å². The van der Waals surface area contributed by atoms with Crippen LogP contribution in [0.25, 0.3) is 93.7 Å². The Morgan fingerprint density at radius 1 is 0.333 bits per heavy atom. The van der Waals surface area contributed by atoms with Gasteiger partial charge in [0.2, 0.25) is 0 Å². The molecule has 0 spiro atoms. The molecule has 0 amide bonds. The van der Waals surface area contributed by atoms with Crippen molar-refractivity contribution in [2.24, 2.45) is 0 Å². The molecule has 0 radical (unpaired) electrons. The smallest absolute Gasteiger partial charge is 0.0963 e. The number of aromatic nitrogens is 4. The van der Waals surface area contributed by atoms with E-state index in [0.29, 0.717) is 0 Å². The van der Waals surface area contributed by atoms with Crippen molar-refractivity contribution in [2.45, 2.75) is 0 Å².